The fourth-order valence-electron chi connectivity index (χ4n) is 4.53. The number of urea groups is 1. The number of hydrogen-bond donors (Lipinski definition) is 2. The lowest BCUT2D eigenvalue weighted by Crippen LogP contribution is -2.59. The number of carbonyl (C=O) groups is 2. The Balaban J connectivity index is 1.40. The van der Waals surface area contributed by atoms with Gasteiger partial charge in [-0.1, -0.05) is 17.7 Å². The third-order valence-electron chi connectivity index (χ3n) is 5.95. The quantitative estimate of drug-likeness (QED) is 0.805. The highest BCUT2D eigenvalue weighted by Gasteiger charge is 2.41. The molecular formula is C23H26FN3O2. The van der Waals surface area contributed by atoms with Gasteiger partial charge in [-0.25, -0.2) is 9.18 Å². The molecule has 2 saturated heterocycles. The summed E-state index contributed by atoms with van der Waals surface area (Å²) in [5, 5.41) is 6.05. The predicted octanol–water partition coefficient (Wildman–Crippen LogP) is 4.48. The van der Waals surface area contributed by atoms with Crippen LogP contribution in [0.3, 0.4) is 0 Å². The molecule has 2 bridgehead atoms. The molecule has 2 heterocycles. The lowest BCUT2D eigenvalue weighted by Gasteiger charge is -2.48. The van der Waals surface area contributed by atoms with Crippen molar-refractivity contribution in [3.05, 3.63) is 65.5 Å². The number of nitrogens with zero attached hydrogens (tertiary/aromatic N) is 1. The average Bonchev–Trinajstić information content (AvgIpc) is 2.69. The fourth-order valence-corrected chi connectivity index (χ4v) is 4.53. The number of rotatable bonds is 3. The van der Waals surface area contributed by atoms with Crippen LogP contribution in [-0.2, 0) is 0 Å². The Morgan fingerprint density at radius 2 is 1.59 bits per heavy atom. The highest BCUT2D eigenvalue weighted by Crippen LogP contribution is 2.34. The van der Waals surface area contributed by atoms with Crippen LogP contribution in [0.4, 0.5) is 14.9 Å². The Morgan fingerprint density at radius 3 is 2.21 bits per heavy atom. The number of halogens is 1. The number of aryl methyl sites for hydroxylation is 1. The Kier molecular flexibility index (Phi) is 5.51. The number of hydrogen-bond acceptors (Lipinski definition) is 2. The van der Waals surface area contributed by atoms with Crippen molar-refractivity contribution in [2.45, 2.75) is 57.2 Å². The van der Waals surface area contributed by atoms with Gasteiger partial charge < -0.3 is 15.5 Å². The Bertz CT molecular complexity index is 868. The van der Waals surface area contributed by atoms with Crippen LogP contribution in [-0.4, -0.2) is 35.0 Å². The summed E-state index contributed by atoms with van der Waals surface area (Å²) in [6, 6.07) is 13.5. The summed E-state index contributed by atoms with van der Waals surface area (Å²) in [6.07, 6.45) is 4.47. The maximum Gasteiger partial charge on any atom is 0.322 e. The summed E-state index contributed by atoms with van der Waals surface area (Å²) in [5.41, 5.74) is 2.37. The standard InChI is InChI=1S/C23H26FN3O2/c1-15-5-7-16(8-6-15)22(28)25-19-13-20-3-2-4-21(14-19)27(20)23(29)26-18-11-9-17(24)10-12-18/h5-12,19-21H,2-4,13-14H2,1H3,(H,25,28)(H,26,29)/t19?,20-,21+. The van der Waals surface area contributed by atoms with Gasteiger partial charge in [0.1, 0.15) is 5.82 Å². The van der Waals surface area contributed by atoms with Gasteiger partial charge in [0.05, 0.1) is 0 Å². The van der Waals surface area contributed by atoms with E-state index in [1.165, 1.54) is 12.1 Å². The molecule has 29 heavy (non-hydrogen) atoms. The van der Waals surface area contributed by atoms with Gasteiger partial charge in [-0.05, 0) is 75.4 Å². The zero-order chi connectivity index (χ0) is 20.4. The number of piperidine rings is 2. The van der Waals surface area contributed by atoms with Crippen LogP contribution in [0, 0.1) is 12.7 Å². The molecule has 5 nitrogen and oxygen atoms in total. The summed E-state index contributed by atoms with van der Waals surface area (Å²) in [6.45, 7) is 2.00. The summed E-state index contributed by atoms with van der Waals surface area (Å²) < 4.78 is 13.1. The molecule has 0 spiro atoms. The Labute approximate surface area is 170 Å². The van der Waals surface area contributed by atoms with Crippen molar-refractivity contribution in [2.24, 2.45) is 0 Å². The second-order valence-electron chi connectivity index (χ2n) is 8.09. The molecule has 6 heteroatoms. The van der Waals surface area contributed by atoms with Crippen LogP contribution < -0.4 is 10.6 Å². The van der Waals surface area contributed by atoms with Gasteiger partial charge in [0.25, 0.3) is 5.91 Å². The van der Waals surface area contributed by atoms with Gasteiger partial charge in [0.15, 0.2) is 0 Å². The third-order valence-corrected chi connectivity index (χ3v) is 5.95. The molecule has 2 aromatic carbocycles. The molecule has 0 saturated carbocycles. The molecule has 0 radical (unpaired) electrons. The van der Waals surface area contributed by atoms with Crippen LogP contribution in [0.1, 0.15) is 48.0 Å². The first kappa shape index (κ1) is 19.4. The van der Waals surface area contributed by atoms with E-state index in [-0.39, 0.29) is 35.9 Å². The monoisotopic (exact) mass is 395 g/mol. The zero-order valence-corrected chi connectivity index (χ0v) is 16.5. The topological polar surface area (TPSA) is 61.4 Å². The highest BCUT2D eigenvalue weighted by molar-refractivity contribution is 5.94. The van der Waals surface area contributed by atoms with Crippen LogP contribution in [0.15, 0.2) is 48.5 Å². The minimum atomic E-state index is -0.329. The molecule has 3 atom stereocenters. The predicted molar refractivity (Wildman–Crippen MR) is 110 cm³/mol. The van der Waals surface area contributed by atoms with Crippen molar-refractivity contribution >= 4 is 17.6 Å². The van der Waals surface area contributed by atoms with Gasteiger partial charge in [0, 0.05) is 29.4 Å². The maximum absolute atomic E-state index is 13.1. The fraction of sp³-hybridized carbons (Fsp3) is 0.391. The van der Waals surface area contributed by atoms with Crippen LogP contribution in [0.2, 0.25) is 0 Å². The van der Waals surface area contributed by atoms with E-state index in [1.54, 1.807) is 12.1 Å². The van der Waals surface area contributed by atoms with Crippen LogP contribution >= 0.6 is 0 Å². The summed E-state index contributed by atoms with van der Waals surface area (Å²) >= 11 is 0. The molecule has 2 aliphatic rings. The van der Waals surface area contributed by atoms with Crippen molar-refractivity contribution in [3.63, 3.8) is 0 Å². The second kappa shape index (κ2) is 8.23. The second-order valence-corrected chi connectivity index (χ2v) is 8.09. The van der Waals surface area contributed by atoms with Gasteiger partial charge >= 0.3 is 6.03 Å². The smallest absolute Gasteiger partial charge is 0.322 e. The molecular weight excluding hydrogens is 369 g/mol. The summed E-state index contributed by atoms with van der Waals surface area (Å²) in [4.78, 5) is 27.4. The van der Waals surface area contributed by atoms with Crippen molar-refractivity contribution in [2.75, 3.05) is 5.32 Å². The minimum Gasteiger partial charge on any atom is -0.349 e. The first-order valence-corrected chi connectivity index (χ1v) is 10.2. The minimum absolute atomic E-state index is 0.0581. The largest absolute Gasteiger partial charge is 0.349 e. The number of fused-ring (bicyclic) bond motifs is 2. The van der Waals surface area contributed by atoms with E-state index in [2.05, 4.69) is 10.6 Å². The third kappa shape index (κ3) is 4.42. The van der Waals surface area contributed by atoms with Crippen molar-refractivity contribution < 1.29 is 14.0 Å². The van der Waals surface area contributed by atoms with Crippen LogP contribution in [0.5, 0.6) is 0 Å². The molecule has 4 rings (SSSR count). The van der Waals surface area contributed by atoms with E-state index in [0.29, 0.717) is 11.3 Å². The number of benzene rings is 2. The van der Waals surface area contributed by atoms with E-state index in [1.807, 2.05) is 36.1 Å². The molecule has 2 aromatic rings. The summed E-state index contributed by atoms with van der Waals surface area (Å²) in [5.74, 6) is -0.387. The number of amides is 3. The van der Waals surface area contributed by atoms with Gasteiger partial charge in [-0.3, -0.25) is 4.79 Å². The van der Waals surface area contributed by atoms with Crippen molar-refractivity contribution in [3.8, 4) is 0 Å². The molecule has 2 aliphatic heterocycles. The van der Waals surface area contributed by atoms with Gasteiger partial charge in [-0.15, -0.1) is 0 Å². The average molecular weight is 395 g/mol. The van der Waals surface area contributed by atoms with E-state index in [4.69, 9.17) is 0 Å². The van der Waals surface area contributed by atoms with Crippen molar-refractivity contribution in [1.29, 1.82) is 0 Å². The molecule has 0 aliphatic carbocycles. The molecule has 3 amide bonds. The van der Waals surface area contributed by atoms with Crippen LogP contribution in [0.25, 0.3) is 0 Å². The van der Waals surface area contributed by atoms with E-state index in [9.17, 15) is 14.0 Å². The lowest BCUT2D eigenvalue weighted by atomic mass is 9.82. The number of anilines is 1. The number of nitrogens with one attached hydrogen (secondary N) is 2. The molecule has 1 unspecified atom stereocenters. The SMILES string of the molecule is Cc1ccc(C(=O)NC2C[C@H]3CCC[C@@H](C2)N3C(=O)Nc2ccc(F)cc2)cc1. The van der Waals surface area contributed by atoms with Gasteiger partial charge in [0.2, 0.25) is 0 Å². The Morgan fingerprint density at radius 1 is 0.966 bits per heavy atom. The van der Waals surface area contributed by atoms with Crippen molar-refractivity contribution in [1.82, 2.24) is 10.2 Å². The lowest BCUT2D eigenvalue weighted by molar-refractivity contribution is 0.0577. The maximum atomic E-state index is 13.1. The molecule has 0 aromatic heterocycles. The highest BCUT2D eigenvalue weighted by atomic mass is 19.1. The Hall–Kier alpha value is -2.89. The molecule has 2 N–H and O–H groups in total. The molecule has 2 fully saturated rings. The zero-order valence-electron chi connectivity index (χ0n) is 16.5. The first-order chi connectivity index (χ1) is 14.0. The van der Waals surface area contributed by atoms with E-state index < -0.39 is 0 Å². The first-order valence-electron chi connectivity index (χ1n) is 10.2. The normalized spacial score (nSPS) is 23.4. The molecule has 152 valence electrons. The van der Waals surface area contributed by atoms with E-state index in [0.717, 1.165) is 37.7 Å². The van der Waals surface area contributed by atoms with E-state index >= 15 is 0 Å². The van der Waals surface area contributed by atoms with Gasteiger partial charge in [-0.2, -0.15) is 0 Å². The number of carbonyl (C=O) groups excluding carboxylic acids is 2. The summed E-state index contributed by atoms with van der Waals surface area (Å²) in [7, 11) is 0.